The predicted octanol–water partition coefficient (Wildman–Crippen LogP) is 4.83. The molecule has 1 heteroatoms. The van der Waals surface area contributed by atoms with Crippen molar-refractivity contribution < 1.29 is 0 Å². The largest absolute Gasteiger partial charge is 0.363 e. The average Bonchev–Trinajstić information content (AvgIpc) is 2.48. The van der Waals surface area contributed by atoms with Crippen LogP contribution in [-0.4, -0.2) is 6.54 Å². The van der Waals surface area contributed by atoms with Gasteiger partial charge in [-0.25, -0.2) is 0 Å². The molecular formula is C19H21N. The smallest absolute Gasteiger partial charge is 0.0433 e. The zero-order chi connectivity index (χ0) is 14.4. The number of hydrogen-bond donors (Lipinski definition) is 0. The molecule has 1 nitrogen and oxygen atoms in total. The molecule has 2 rings (SSSR count). The molecule has 0 atom stereocenters. The van der Waals surface area contributed by atoms with Gasteiger partial charge in [-0.3, -0.25) is 0 Å². The molecule has 0 unspecified atom stereocenters. The Labute approximate surface area is 121 Å². The van der Waals surface area contributed by atoms with E-state index in [4.69, 9.17) is 0 Å². The molecule has 2 aromatic carbocycles. The van der Waals surface area contributed by atoms with Gasteiger partial charge in [-0.05, 0) is 30.2 Å². The Morgan fingerprint density at radius 2 is 1.45 bits per heavy atom. The number of anilines is 1. The fraction of sp³-hybridized carbons (Fsp3) is 0.158. The Balaban J connectivity index is 2.20. The Hall–Kier alpha value is -2.28. The van der Waals surface area contributed by atoms with Crippen molar-refractivity contribution in [2.45, 2.75) is 13.5 Å². The number of benzene rings is 2. The molecule has 0 N–H and O–H groups in total. The zero-order valence-electron chi connectivity index (χ0n) is 12.0. The number of para-hydroxylation sites is 1. The van der Waals surface area contributed by atoms with Crippen LogP contribution in [0.1, 0.15) is 12.5 Å². The van der Waals surface area contributed by atoms with Crippen LogP contribution in [0.3, 0.4) is 0 Å². The van der Waals surface area contributed by atoms with Gasteiger partial charge in [-0.1, -0.05) is 67.3 Å². The van der Waals surface area contributed by atoms with E-state index < -0.39 is 0 Å². The first-order valence-electron chi connectivity index (χ1n) is 6.84. The first-order chi connectivity index (χ1) is 9.66. The molecule has 0 saturated heterocycles. The van der Waals surface area contributed by atoms with Crippen LogP contribution in [0.15, 0.2) is 85.0 Å². The summed E-state index contributed by atoms with van der Waals surface area (Å²) in [6, 6.07) is 20.9. The van der Waals surface area contributed by atoms with E-state index in [1.54, 1.807) is 0 Å². The van der Waals surface area contributed by atoms with Crippen LogP contribution in [0.2, 0.25) is 0 Å². The lowest BCUT2D eigenvalue weighted by molar-refractivity contribution is 0.849. The van der Waals surface area contributed by atoms with Gasteiger partial charge in [0.05, 0.1) is 0 Å². The third-order valence-corrected chi connectivity index (χ3v) is 3.32. The van der Waals surface area contributed by atoms with Crippen LogP contribution in [-0.2, 0) is 6.54 Å². The molecule has 0 radical (unpaired) electrons. The summed E-state index contributed by atoms with van der Waals surface area (Å²) in [5.41, 5.74) is 4.62. The molecule has 0 aliphatic rings. The van der Waals surface area contributed by atoms with Gasteiger partial charge < -0.3 is 4.90 Å². The van der Waals surface area contributed by atoms with Crippen LogP contribution in [0.4, 0.5) is 5.69 Å². The average molecular weight is 263 g/mol. The first-order valence-corrected chi connectivity index (χ1v) is 6.84. The maximum absolute atomic E-state index is 4.12. The topological polar surface area (TPSA) is 3.24 Å². The van der Waals surface area contributed by atoms with E-state index >= 15 is 0 Å². The van der Waals surface area contributed by atoms with Crippen LogP contribution >= 0.6 is 0 Å². The van der Waals surface area contributed by atoms with Gasteiger partial charge >= 0.3 is 0 Å². The highest BCUT2D eigenvalue weighted by Gasteiger charge is 2.09. The summed E-state index contributed by atoms with van der Waals surface area (Å²) in [6.45, 7) is 11.8. The van der Waals surface area contributed by atoms with Crippen LogP contribution in [0.25, 0.3) is 0 Å². The van der Waals surface area contributed by atoms with Crippen molar-refractivity contribution in [2.24, 2.45) is 0 Å². The fourth-order valence-corrected chi connectivity index (χ4v) is 2.05. The molecule has 0 fully saturated rings. The first kappa shape index (κ1) is 14.1. The maximum Gasteiger partial charge on any atom is 0.0433 e. The number of rotatable bonds is 6. The minimum Gasteiger partial charge on any atom is -0.363 e. The summed E-state index contributed by atoms with van der Waals surface area (Å²) in [7, 11) is 0. The molecule has 0 heterocycles. The van der Waals surface area contributed by atoms with Crippen molar-refractivity contribution >= 4 is 5.69 Å². The Kier molecular flexibility index (Phi) is 4.78. The fourth-order valence-electron chi connectivity index (χ4n) is 2.05. The Morgan fingerprint density at radius 3 is 2.00 bits per heavy atom. The maximum atomic E-state index is 4.12. The highest BCUT2D eigenvalue weighted by Crippen LogP contribution is 2.19. The number of hydrogen-bond acceptors (Lipinski definition) is 1. The Bertz CT molecular complexity index is 569. The van der Waals surface area contributed by atoms with Gasteiger partial charge in [0.1, 0.15) is 0 Å². The van der Waals surface area contributed by atoms with Crippen molar-refractivity contribution in [3.63, 3.8) is 0 Å². The minimum absolute atomic E-state index is 0.800. The zero-order valence-corrected chi connectivity index (χ0v) is 12.0. The van der Waals surface area contributed by atoms with Crippen molar-refractivity contribution in [3.8, 4) is 0 Å². The molecule has 2 aromatic rings. The quantitative estimate of drug-likeness (QED) is 0.675. The second-order valence-electron chi connectivity index (χ2n) is 5.06. The summed E-state index contributed by atoms with van der Waals surface area (Å²) in [4.78, 5) is 2.33. The van der Waals surface area contributed by atoms with Crippen molar-refractivity contribution in [3.05, 3.63) is 90.5 Å². The van der Waals surface area contributed by atoms with Gasteiger partial charge in [0.25, 0.3) is 0 Å². The molecule has 0 aliphatic carbocycles. The molecule has 0 saturated carbocycles. The summed E-state index contributed by atoms with van der Waals surface area (Å²) < 4.78 is 0. The van der Waals surface area contributed by atoms with Gasteiger partial charge in [0.15, 0.2) is 0 Å². The van der Waals surface area contributed by atoms with Gasteiger partial charge in [-0.15, -0.1) is 0 Å². The molecule has 0 aliphatic heterocycles. The third-order valence-electron chi connectivity index (χ3n) is 3.32. The SMILES string of the molecule is C=C(C)C(=C)CN(Cc1ccccc1)c1ccccc1. The van der Waals surface area contributed by atoms with Gasteiger partial charge in [0.2, 0.25) is 0 Å². The monoisotopic (exact) mass is 263 g/mol. The van der Waals surface area contributed by atoms with Crippen LogP contribution in [0.5, 0.6) is 0 Å². The van der Waals surface area contributed by atoms with E-state index in [2.05, 4.69) is 66.6 Å². The van der Waals surface area contributed by atoms with Crippen molar-refractivity contribution in [1.82, 2.24) is 0 Å². The highest BCUT2D eigenvalue weighted by molar-refractivity contribution is 5.49. The molecule has 0 aromatic heterocycles. The van der Waals surface area contributed by atoms with E-state index in [9.17, 15) is 0 Å². The van der Waals surface area contributed by atoms with E-state index in [-0.39, 0.29) is 0 Å². The highest BCUT2D eigenvalue weighted by atomic mass is 15.1. The standard InChI is InChI=1S/C19H21N/c1-16(2)17(3)14-20(19-12-8-5-9-13-19)15-18-10-6-4-7-11-18/h4-13H,1,3,14-15H2,2H3. The molecule has 0 spiro atoms. The van der Waals surface area contributed by atoms with E-state index in [0.717, 1.165) is 24.2 Å². The molecule has 0 amide bonds. The normalized spacial score (nSPS) is 10.1. The summed E-state index contributed by atoms with van der Waals surface area (Å²) >= 11 is 0. The molecule has 102 valence electrons. The second kappa shape index (κ2) is 6.76. The van der Waals surface area contributed by atoms with E-state index in [1.165, 1.54) is 11.3 Å². The lowest BCUT2D eigenvalue weighted by atomic mass is 10.1. The summed E-state index contributed by atoms with van der Waals surface area (Å²) in [6.07, 6.45) is 0. The van der Waals surface area contributed by atoms with Crippen LogP contribution in [0, 0.1) is 0 Å². The van der Waals surface area contributed by atoms with Crippen LogP contribution < -0.4 is 4.90 Å². The van der Waals surface area contributed by atoms with Crippen molar-refractivity contribution in [2.75, 3.05) is 11.4 Å². The molecule has 20 heavy (non-hydrogen) atoms. The number of nitrogens with zero attached hydrogens (tertiary/aromatic N) is 1. The minimum atomic E-state index is 0.800. The summed E-state index contributed by atoms with van der Waals surface area (Å²) in [5, 5.41) is 0. The van der Waals surface area contributed by atoms with E-state index in [0.29, 0.717) is 0 Å². The van der Waals surface area contributed by atoms with Crippen molar-refractivity contribution in [1.29, 1.82) is 0 Å². The second-order valence-corrected chi connectivity index (χ2v) is 5.06. The van der Waals surface area contributed by atoms with Gasteiger partial charge in [-0.2, -0.15) is 0 Å². The molecular weight excluding hydrogens is 242 g/mol. The van der Waals surface area contributed by atoms with Gasteiger partial charge in [0, 0.05) is 18.8 Å². The predicted molar refractivity (Wildman–Crippen MR) is 87.9 cm³/mol. The lowest BCUT2D eigenvalue weighted by Crippen LogP contribution is -2.25. The lowest BCUT2D eigenvalue weighted by Gasteiger charge is -2.26. The Morgan fingerprint density at radius 1 is 0.900 bits per heavy atom. The third kappa shape index (κ3) is 3.86. The summed E-state index contributed by atoms with van der Waals surface area (Å²) in [5.74, 6) is 0. The van der Waals surface area contributed by atoms with E-state index in [1.807, 2.05) is 19.1 Å². The molecule has 0 bridgehead atoms.